The molecule has 2 N–H and O–H groups in total. The molecule has 2 rings (SSSR count). The molecule has 0 saturated carbocycles. The van der Waals surface area contributed by atoms with Crippen LogP contribution in [-0.4, -0.2) is 9.97 Å². The van der Waals surface area contributed by atoms with Gasteiger partial charge in [0.15, 0.2) is 0 Å². The number of nitrogens with zero attached hydrogens (tertiary/aromatic N) is 1. The molecule has 0 atom stereocenters. The van der Waals surface area contributed by atoms with Gasteiger partial charge in [0.05, 0.1) is 12.9 Å². The van der Waals surface area contributed by atoms with Gasteiger partial charge in [0.25, 0.3) is 5.56 Å². The Kier molecular flexibility index (Phi) is 4.16. The van der Waals surface area contributed by atoms with Gasteiger partial charge in [-0.15, -0.1) is 11.3 Å². The zero-order valence-corrected chi connectivity index (χ0v) is 12.3. The van der Waals surface area contributed by atoms with E-state index in [9.17, 15) is 4.79 Å². The van der Waals surface area contributed by atoms with Gasteiger partial charge in [0.1, 0.15) is 9.39 Å². The van der Waals surface area contributed by atoms with Crippen LogP contribution in [-0.2, 0) is 13.0 Å². The highest BCUT2D eigenvalue weighted by atomic mass is 127. The molecule has 0 amide bonds. The molecule has 0 aliphatic carbocycles. The number of nitrogens with one attached hydrogen (secondary N) is 2. The van der Waals surface area contributed by atoms with Crippen LogP contribution in [0.2, 0.25) is 0 Å². The topological polar surface area (TPSA) is 57.8 Å². The van der Waals surface area contributed by atoms with E-state index in [2.05, 4.69) is 33.7 Å². The van der Waals surface area contributed by atoms with Crippen LogP contribution >= 0.6 is 33.9 Å². The first-order chi connectivity index (χ1) is 8.22. The first kappa shape index (κ1) is 12.6. The molecule has 17 heavy (non-hydrogen) atoms. The zero-order valence-electron chi connectivity index (χ0n) is 9.29. The number of anilines is 1. The van der Waals surface area contributed by atoms with Gasteiger partial charge in [-0.3, -0.25) is 4.79 Å². The average molecular weight is 361 g/mol. The molecule has 2 aromatic heterocycles. The van der Waals surface area contributed by atoms with Gasteiger partial charge < -0.3 is 10.3 Å². The molecule has 0 unspecified atom stereocenters. The van der Waals surface area contributed by atoms with Crippen LogP contribution in [0.5, 0.6) is 0 Å². The summed E-state index contributed by atoms with van der Waals surface area (Å²) in [6.45, 7) is 2.86. The van der Waals surface area contributed by atoms with E-state index >= 15 is 0 Å². The minimum atomic E-state index is -0.106. The van der Waals surface area contributed by atoms with Crippen molar-refractivity contribution in [2.45, 2.75) is 19.9 Å². The molecule has 0 fully saturated rings. The maximum absolute atomic E-state index is 11.4. The number of aryl methyl sites for hydroxylation is 1. The highest BCUT2D eigenvalue weighted by Gasteiger charge is 2.06. The van der Waals surface area contributed by atoms with E-state index in [1.807, 2.05) is 22.6 Å². The van der Waals surface area contributed by atoms with E-state index in [0.717, 1.165) is 6.42 Å². The summed E-state index contributed by atoms with van der Waals surface area (Å²) < 4.78 is 0.597. The summed E-state index contributed by atoms with van der Waals surface area (Å²) in [6, 6.07) is 2.14. The third kappa shape index (κ3) is 2.86. The molecule has 0 saturated heterocycles. The Labute approximate surface area is 117 Å². The normalized spacial score (nSPS) is 10.5. The van der Waals surface area contributed by atoms with Crippen LogP contribution in [0.1, 0.15) is 17.4 Å². The molecule has 0 bridgehead atoms. The van der Waals surface area contributed by atoms with E-state index in [1.165, 1.54) is 16.8 Å². The Morgan fingerprint density at radius 1 is 1.59 bits per heavy atom. The van der Waals surface area contributed by atoms with E-state index in [4.69, 9.17) is 0 Å². The fourth-order valence-corrected chi connectivity index (χ4v) is 2.91. The highest BCUT2D eigenvalue weighted by molar-refractivity contribution is 14.1. The highest BCUT2D eigenvalue weighted by Crippen LogP contribution is 2.19. The molecule has 0 aromatic carbocycles. The first-order valence-electron chi connectivity index (χ1n) is 5.24. The molecule has 0 aliphatic rings. The predicted octanol–water partition coefficient (Wildman–Crippen LogP) is 2.61. The molecule has 2 aromatic rings. The lowest BCUT2D eigenvalue weighted by Crippen LogP contribution is -2.14. The smallest absolute Gasteiger partial charge is 0.266 e. The number of halogens is 1. The van der Waals surface area contributed by atoms with Crippen LogP contribution in [0, 0.1) is 3.57 Å². The number of aromatic nitrogens is 2. The number of H-pyrrole nitrogens is 1. The summed E-state index contributed by atoms with van der Waals surface area (Å²) in [4.78, 5) is 19.3. The zero-order chi connectivity index (χ0) is 12.3. The van der Waals surface area contributed by atoms with Crippen molar-refractivity contribution in [2.24, 2.45) is 0 Å². The fraction of sp³-hybridized carbons (Fsp3) is 0.273. The maximum Gasteiger partial charge on any atom is 0.266 e. The second-order valence-corrected chi connectivity index (χ2v) is 5.55. The predicted molar refractivity (Wildman–Crippen MR) is 78.6 cm³/mol. The maximum atomic E-state index is 11.4. The lowest BCUT2D eigenvalue weighted by Gasteiger charge is -2.06. The van der Waals surface area contributed by atoms with Crippen molar-refractivity contribution in [3.05, 3.63) is 42.1 Å². The van der Waals surface area contributed by atoms with Gasteiger partial charge in [-0.1, -0.05) is 6.92 Å². The molecule has 0 aliphatic heterocycles. The first-order valence-corrected chi connectivity index (χ1v) is 7.20. The summed E-state index contributed by atoms with van der Waals surface area (Å²) in [5, 5.41) is 5.29. The Hall–Kier alpha value is -0.890. The van der Waals surface area contributed by atoms with Gasteiger partial charge in [0, 0.05) is 4.88 Å². The molecule has 4 nitrogen and oxygen atoms in total. The summed E-state index contributed by atoms with van der Waals surface area (Å²) in [7, 11) is 0. The number of hydrogen-bond acceptors (Lipinski definition) is 4. The van der Waals surface area contributed by atoms with Gasteiger partial charge in [-0.05, 0) is 46.0 Å². The second kappa shape index (κ2) is 5.63. The van der Waals surface area contributed by atoms with Crippen LogP contribution in [0.25, 0.3) is 0 Å². The number of rotatable bonds is 4. The number of aromatic amines is 1. The monoisotopic (exact) mass is 361 g/mol. The number of hydrogen-bond donors (Lipinski definition) is 2. The molecule has 2 heterocycles. The largest absolute Gasteiger partial charge is 0.364 e. The Morgan fingerprint density at radius 2 is 2.41 bits per heavy atom. The quantitative estimate of drug-likeness (QED) is 0.824. The third-order valence-electron chi connectivity index (χ3n) is 2.43. The lowest BCUT2D eigenvalue weighted by atomic mass is 10.2. The van der Waals surface area contributed by atoms with Crippen molar-refractivity contribution < 1.29 is 0 Å². The summed E-state index contributed by atoms with van der Waals surface area (Å²) in [5.74, 6) is 0.643. The van der Waals surface area contributed by atoms with Crippen LogP contribution in [0.3, 0.4) is 0 Å². The van der Waals surface area contributed by atoms with Crippen LogP contribution < -0.4 is 10.9 Å². The standard InChI is InChI=1S/C11H12IN3OS/c1-2-7-3-4-17-8(7)5-13-10-9(12)11(16)15-6-14-10/h3-4,6H,2,5H2,1H3,(H2,13,14,15,16). The third-order valence-corrected chi connectivity index (χ3v) is 4.40. The van der Waals surface area contributed by atoms with Crippen molar-refractivity contribution in [1.82, 2.24) is 9.97 Å². The van der Waals surface area contributed by atoms with Crippen molar-refractivity contribution in [1.29, 1.82) is 0 Å². The molecular formula is C11H12IN3OS. The molecule has 6 heteroatoms. The molecule has 90 valence electrons. The van der Waals surface area contributed by atoms with Crippen molar-refractivity contribution >= 4 is 39.7 Å². The van der Waals surface area contributed by atoms with E-state index in [0.29, 0.717) is 15.9 Å². The Balaban J connectivity index is 2.13. The Morgan fingerprint density at radius 3 is 3.18 bits per heavy atom. The lowest BCUT2D eigenvalue weighted by molar-refractivity contribution is 1.03. The second-order valence-electron chi connectivity index (χ2n) is 3.47. The minimum absolute atomic E-state index is 0.106. The van der Waals surface area contributed by atoms with Gasteiger partial charge in [-0.2, -0.15) is 0 Å². The van der Waals surface area contributed by atoms with E-state index in [1.54, 1.807) is 11.3 Å². The molecular weight excluding hydrogens is 349 g/mol. The van der Waals surface area contributed by atoms with Crippen molar-refractivity contribution in [2.75, 3.05) is 5.32 Å². The minimum Gasteiger partial charge on any atom is -0.364 e. The fourth-order valence-electron chi connectivity index (χ4n) is 1.51. The summed E-state index contributed by atoms with van der Waals surface area (Å²) in [5.41, 5.74) is 1.24. The van der Waals surface area contributed by atoms with Crippen molar-refractivity contribution in [3.63, 3.8) is 0 Å². The van der Waals surface area contributed by atoms with Crippen LogP contribution in [0.15, 0.2) is 22.6 Å². The van der Waals surface area contributed by atoms with E-state index < -0.39 is 0 Å². The van der Waals surface area contributed by atoms with Crippen LogP contribution in [0.4, 0.5) is 5.82 Å². The van der Waals surface area contributed by atoms with Gasteiger partial charge in [0.2, 0.25) is 0 Å². The molecule has 0 spiro atoms. The van der Waals surface area contributed by atoms with Gasteiger partial charge >= 0.3 is 0 Å². The van der Waals surface area contributed by atoms with E-state index in [-0.39, 0.29) is 5.56 Å². The van der Waals surface area contributed by atoms with Gasteiger partial charge in [-0.25, -0.2) is 4.98 Å². The Bertz CT molecular complexity index is 564. The molecule has 0 radical (unpaired) electrons. The number of thiophene rings is 1. The summed E-state index contributed by atoms with van der Waals surface area (Å²) in [6.07, 6.45) is 2.45. The SMILES string of the molecule is CCc1ccsc1CNc1nc[nH]c(=O)c1I. The average Bonchev–Trinajstić information content (AvgIpc) is 2.78. The summed E-state index contributed by atoms with van der Waals surface area (Å²) >= 11 is 3.72. The van der Waals surface area contributed by atoms with Crippen molar-refractivity contribution in [3.8, 4) is 0 Å².